The van der Waals surface area contributed by atoms with Gasteiger partial charge in [0.2, 0.25) is 0 Å². The van der Waals surface area contributed by atoms with Crippen LogP contribution < -0.4 is 4.74 Å². The van der Waals surface area contributed by atoms with Gasteiger partial charge < -0.3 is 4.74 Å². The van der Waals surface area contributed by atoms with E-state index in [2.05, 4.69) is 0 Å². The molecule has 0 saturated heterocycles. The van der Waals surface area contributed by atoms with Gasteiger partial charge in [0.1, 0.15) is 11.6 Å². The predicted octanol–water partition coefficient (Wildman–Crippen LogP) is 3.82. The molecule has 0 fully saturated rings. The fraction of sp³-hybridized carbons (Fsp3) is 0.188. The van der Waals surface area contributed by atoms with Crippen LogP contribution in [-0.4, -0.2) is 12.9 Å². The van der Waals surface area contributed by atoms with Gasteiger partial charge >= 0.3 is 0 Å². The molecule has 0 spiro atoms. The summed E-state index contributed by atoms with van der Waals surface area (Å²) in [7, 11) is 1.59. The van der Waals surface area contributed by atoms with Crippen molar-refractivity contribution >= 4 is 5.78 Å². The summed E-state index contributed by atoms with van der Waals surface area (Å²) < 4.78 is 18.0. The molecule has 0 aliphatic heterocycles. The fourth-order valence-corrected chi connectivity index (χ4v) is 1.93. The van der Waals surface area contributed by atoms with Crippen LogP contribution in [0.3, 0.4) is 0 Å². The molecule has 1 atom stereocenters. The molecule has 0 radical (unpaired) electrons. The van der Waals surface area contributed by atoms with Crippen LogP contribution >= 0.6 is 0 Å². The highest BCUT2D eigenvalue weighted by molar-refractivity contribution is 6.00. The molecule has 3 heteroatoms. The first-order chi connectivity index (χ1) is 9.11. The number of ketones is 1. The third kappa shape index (κ3) is 2.99. The summed E-state index contributed by atoms with van der Waals surface area (Å²) in [6, 6.07) is 13.0. The van der Waals surface area contributed by atoms with Gasteiger partial charge in [-0.2, -0.15) is 0 Å². The Labute approximate surface area is 111 Å². The van der Waals surface area contributed by atoms with E-state index in [0.717, 1.165) is 11.3 Å². The highest BCUT2D eigenvalue weighted by Gasteiger charge is 2.17. The van der Waals surface area contributed by atoms with Gasteiger partial charge in [-0.05, 0) is 42.0 Å². The van der Waals surface area contributed by atoms with Crippen molar-refractivity contribution in [2.24, 2.45) is 0 Å². The molecule has 0 bridgehead atoms. The Morgan fingerprint density at radius 3 is 2.47 bits per heavy atom. The number of carbonyl (C=O) groups is 1. The predicted molar refractivity (Wildman–Crippen MR) is 72.1 cm³/mol. The molecule has 1 unspecified atom stereocenters. The number of methoxy groups -OCH3 is 1. The van der Waals surface area contributed by atoms with E-state index in [1.165, 1.54) is 24.3 Å². The van der Waals surface area contributed by atoms with Crippen molar-refractivity contribution in [3.05, 3.63) is 65.5 Å². The maximum absolute atomic E-state index is 12.8. The summed E-state index contributed by atoms with van der Waals surface area (Å²) in [4.78, 5) is 12.3. The SMILES string of the molecule is COc1cccc(C(C)C(=O)c2ccc(F)cc2)c1. The molecule has 2 rings (SSSR count). The molecule has 98 valence electrons. The van der Waals surface area contributed by atoms with E-state index < -0.39 is 0 Å². The summed E-state index contributed by atoms with van der Waals surface area (Å²) in [5, 5.41) is 0. The molecule has 0 saturated carbocycles. The normalized spacial score (nSPS) is 11.9. The number of hydrogen-bond acceptors (Lipinski definition) is 2. The standard InChI is InChI=1S/C16H15FO2/c1-11(13-4-3-5-15(10-13)19-2)16(18)12-6-8-14(17)9-7-12/h3-11H,1-2H3. The second kappa shape index (κ2) is 5.65. The summed E-state index contributed by atoms with van der Waals surface area (Å²) in [5.41, 5.74) is 1.39. The molecule has 0 aliphatic carbocycles. The lowest BCUT2D eigenvalue weighted by Gasteiger charge is -2.12. The number of halogens is 1. The van der Waals surface area contributed by atoms with E-state index in [-0.39, 0.29) is 17.5 Å². The maximum Gasteiger partial charge on any atom is 0.170 e. The van der Waals surface area contributed by atoms with Crippen molar-refractivity contribution in [3.63, 3.8) is 0 Å². The quantitative estimate of drug-likeness (QED) is 0.779. The van der Waals surface area contributed by atoms with E-state index in [9.17, 15) is 9.18 Å². The van der Waals surface area contributed by atoms with Crippen LogP contribution in [0, 0.1) is 5.82 Å². The second-order valence-electron chi connectivity index (χ2n) is 4.37. The van der Waals surface area contributed by atoms with E-state index in [1.807, 2.05) is 31.2 Å². The third-order valence-corrected chi connectivity index (χ3v) is 3.12. The first-order valence-corrected chi connectivity index (χ1v) is 6.05. The molecular weight excluding hydrogens is 243 g/mol. The Morgan fingerprint density at radius 2 is 1.84 bits per heavy atom. The van der Waals surface area contributed by atoms with Crippen molar-refractivity contribution < 1.29 is 13.9 Å². The Hall–Kier alpha value is -2.16. The van der Waals surface area contributed by atoms with Gasteiger partial charge in [0.05, 0.1) is 7.11 Å². The minimum atomic E-state index is -0.342. The Balaban J connectivity index is 2.25. The van der Waals surface area contributed by atoms with Crippen LogP contribution in [0.15, 0.2) is 48.5 Å². The fourth-order valence-electron chi connectivity index (χ4n) is 1.93. The van der Waals surface area contributed by atoms with E-state index in [0.29, 0.717) is 5.56 Å². The van der Waals surface area contributed by atoms with Crippen molar-refractivity contribution in [3.8, 4) is 5.75 Å². The molecule has 0 amide bonds. The van der Waals surface area contributed by atoms with Gasteiger partial charge in [0.15, 0.2) is 5.78 Å². The third-order valence-electron chi connectivity index (χ3n) is 3.12. The van der Waals surface area contributed by atoms with Crippen LogP contribution in [0.5, 0.6) is 5.75 Å². The summed E-state index contributed by atoms with van der Waals surface area (Å²) in [5.74, 6) is 0.0515. The van der Waals surface area contributed by atoms with Crippen molar-refractivity contribution in [1.82, 2.24) is 0 Å². The average molecular weight is 258 g/mol. The molecule has 19 heavy (non-hydrogen) atoms. The topological polar surface area (TPSA) is 26.3 Å². The summed E-state index contributed by atoms with van der Waals surface area (Å²) >= 11 is 0. The minimum absolute atomic E-state index is 0.0340. The molecule has 0 N–H and O–H groups in total. The first kappa shape index (κ1) is 13.3. The lowest BCUT2D eigenvalue weighted by molar-refractivity contribution is 0.0966. The highest BCUT2D eigenvalue weighted by Crippen LogP contribution is 2.24. The number of hydrogen-bond donors (Lipinski definition) is 0. The van der Waals surface area contributed by atoms with Crippen LogP contribution in [0.1, 0.15) is 28.8 Å². The molecule has 2 nitrogen and oxygen atoms in total. The average Bonchev–Trinajstić information content (AvgIpc) is 2.46. The number of Topliss-reactive ketones (excluding diaryl/α,β-unsaturated/α-hetero) is 1. The first-order valence-electron chi connectivity index (χ1n) is 6.05. The lowest BCUT2D eigenvalue weighted by Crippen LogP contribution is -2.09. The maximum atomic E-state index is 12.8. The van der Waals surface area contributed by atoms with Gasteiger partial charge in [0.25, 0.3) is 0 Å². The molecule has 0 aliphatic rings. The van der Waals surface area contributed by atoms with Crippen molar-refractivity contribution in [2.45, 2.75) is 12.8 Å². The second-order valence-corrected chi connectivity index (χ2v) is 4.37. The number of ether oxygens (including phenoxy) is 1. The molecule has 0 heterocycles. The van der Waals surface area contributed by atoms with Crippen LogP contribution in [0.2, 0.25) is 0 Å². The van der Waals surface area contributed by atoms with Gasteiger partial charge in [-0.1, -0.05) is 19.1 Å². The van der Waals surface area contributed by atoms with Gasteiger partial charge in [-0.3, -0.25) is 4.79 Å². The zero-order valence-corrected chi connectivity index (χ0v) is 10.9. The highest BCUT2D eigenvalue weighted by atomic mass is 19.1. The zero-order chi connectivity index (χ0) is 13.8. The molecule has 2 aromatic carbocycles. The Bertz CT molecular complexity index is 576. The number of carbonyl (C=O) groups excluding carboxylic acids is 1. The lowest BCUT2D eigenvalue weighted by atomic mass is 9.92. The van der Waals surface area contributed by atoms with Crippen molar-refractivity contribution in [1.29, 1.82) is 0 Å². The van der Waals surface area contributed by atoms with Gasteiger partial charge in [-0.25, -0.2) is 4.39 Å². The van der Waals surface area contributed by atoms with Crippen molar-refractivity contribution in [2.75, 3.05) is 7.11 Å². The Morgan fingerprint density at radius 1 is 1.16 bits per heavy atom. The van der Waals surface area contributed by atoms with Crippen LogP contribution in [-0.2, 0) is 0 Å². The van der Waals surface area contributed by atoms with E-state index >= 15 is 0 Å². The Kier molecular flexibility index (Phi) is 3.95. The minimum Gasteiger partial charge on any atom is -0.497 e. The van der Waals surface area contributed by atoms with E-state index in [4.69, 9.17) is 4.74 Å². The van der Waals surface area contributed by atoms with Gasteiger partial charge in [0, 0.05) is 11.5 Å². The molecule has 0 aromatic heterocycles. The number of rotatable bonds is 4. The molecular formula is C16H15FO2. The largest absolute Gasteiger partial charge is 0.497 e. The monoisotopic (exact) mass is 258 g/mol. The smallest absolute Gasteiger partial charge is 0.170 e. The van der Waals surface area contributed by atoms with E-state index in [1.54, 1.807) is 7.11 Å². The summed E-state index contributed by atoms with van der Waals surface area (Å²) in [6.07, 6.45) is 0. The summed E-state index contributed by atoms with van der Waals surface area (Å²) in [6.45, 7) is 1.83. The molecule has 2 aromatic rings. The van der Waals surface area contributed by atoms with Gasteiger partial charge in [-0.15, -0.1) is 0 Å². The van der Waals surface area contributed by atoms with Crippen LogP contribution in [0.4, 0.5) is 4.39 Å². The number of benzene rings is 2. The zero-order valence-electron chi connectivity index (χ0n) is 10.9. The van der Waals surface area contributed by atoms with Crippen LogP contribution in [0.25, 0.3) is 0 Å².